The van der Waals surface area contributed by atoms with E-state index in [-0.39, 0.29) is 49.3 Å². The van der Waals surface area contributed by atoms with Crippen LogP contribution >= 0.6 is 12.4 Å². The molecule has 0 aromatic carbocycles. The first-order chi connectivity index (χ1) is 11.6. The fraction of sp³-hybridized carbons (Fsp3) is 0.824. The van der Waals surface area contributed by atoms with Gasteiger partial charge in [-0.3, -0.25) is 14.5 Å². The summed E-state index contributed by atoms with van der Waals surface area (Å²) in [4.78, 5) is 38.1. The lowest BCUT2D eigenvalue weighted by atomic mass is 9.84. The van der Waals surface area contributed by atoms with E-state index in [4.69, 9.17) is 5.73 Å². The molecule has 1 spiro atoms. The Morgan fingerprint density at radius 3 is 2.56 bits per heavy atom. The summed E-state index contributed by atoms with van der Waals surface area (Å²) in [7, 11) is 0. The molecular formula is C17H29ClN4O3. The second-order valence-electron chi connectivity index (χ2n) is 7.38. The van der Waals surface area contributed by atoms with E-state index in [9.17, 15) is 14.4 Å². The molecule has 25 heavy (non-hydrogen) atoms. The summed E-state index contributed by atoms with van der Waals surface area (Å²) in [6, 6.07) is -0.229. The van der Waals surface area contributed by atoms with Gasteiger partial charge in [0.1, 0.15) is 5.54 Å². The van der Waals surface area contributed by atoms with Crippen molar-refractivity contribution in [3.8, 4) is 0 Å². The van der Waals surface area contributed by atoms with Gasteiger partial charge in [-0.25, -0.2) is 4.79 Å². The topological polar surface area (TPSA) is 105 Å². The van der Waals surface area contributed by atoms with Crippen molar-refractivity contribution in [3.63, 3.8) is 0 Å². The van der Waals surface area contributed by atoms with Gasteiger partial charge in [0.05, 0.1) is 0 Å². The van der Waals surface area contributed by atoms with E-state index in [1.165, 1.54) is 11.3 Å². The fourth-order valence-electron chi connectivity index (χ4n) is 4.37. The van der Waals surface area contributed by atoms with Crippen LogP contribution in [0.2, 0.25) is 0 Å². The van der Waals surface area contributed by atoms with Crippen LogP contribution < -0.4 is 16.4 Å². The molecule has 1 aliphatic heterocycles. The maximum absolute atomic E-state index is 12.5. The highest BCUT2D eigenvalue weighted by molar-refractivity contribution is 6.07. The van der Waals surface area contributed by atoms with Gasteiger partial charge in [0.25, 0.3) is 5.91 Å². The molecule has 2 unspecified atom stereocenters. The molecule has 0 bridgehead atoms. The van der Waals surface area contributed by atoms with Gasteiger partial charge < -0.3 is 16.4 Å². The third-order valence-corrected chi connectivity index (χ3v) is 5.82. The van der Waals surface area contributed by atoms with Gasteiger partial charge in [-0.15, -0.1) is 12.4 Å². The minimum absolute atomic E-state index is 0. The highest BCUT2D eigenvalue weighted by atomic mass is 35.5. The lowest BCUT2D eigenvalue weighted by Crippen LogP contribution is -2.46. The normalized spacial score (nSPS) is 28.0. The zero-order valence-corrected chi connectivity index (χ0v) is 15.4. The van der Waals surface area contributed by atoms with Crippen LogP contribution in [0.5, 0.6) is 0 Å². The minimum Gasteiger partial charge on any atom is -0.353 e. The Morgan fingerprint density at radius 2 is 1.88 bits per heavy atom. The van der Waals surface area contributed by atoms with Crippen LogP contribution in [0.3, 0.4) is 0 Å². The number of nitrogens with two attached hydrogens (primary N) is 1. The second kappa shape index (κ2) is 8.36. The molecule has 8 heteroatoms. The summed E-state index contributed by atoms with van der Waals surface area (Å²) in [5, 5.41) is 5.89. The summed E-state index contributed by atoms with van der Waals surface area (Å²) in [5.41, 5.74) is 5.10. The van der Waals surface area contributed by atoms with Crippen LogP contribution in [0, 0.1) is 5.92 Å². The first kappa shape index (κ1) is 20.0. The Labute approximate surface area is 154 Å². The number of carbonyl (C=O) groups is 3. The number of urea groups is 1. The molecule has 2 saturated carbocycles. The summed E-state index contributed by atoms with van der Waals surface area (Å²) in [6.45, 7) is 0.735. The van der Waals surface area contributed by atoms with E-state index in [1.54, 1.807) is 0 Å². The van der Waals surface area contributed by atoms with Gasteiger partial charge in [-0.05, 0) is 38.1 Å². The van der Waals surface area contributed by atoms with Crippen molar-refractivity contribution in [2.75, 3.05) is 13.1 Å². The van der Waals surface area contributed by atoms with Crippen molar-refractivity contribution in [1.82, 2.24) is 15.5 Å². The standard InChI is InChI=1S/C17H28N4O3.ClH/c18-11-12-5-1-2-6-13(12)19-14(22)7-10-21-15(23)17(20-16(21)24)8-3-4-9-17;/h12-13H,1-11,18H2,(H,19,22)(H,20,24);1H. The molecule has 0 aromatic rings. The van der Waals surface area contributed by atoms with Crippen molar-refractivity contribution in [1.29, 1.82) is 0 Å². The molecular weight excluding hydrogens is 344 g/mol. The lowest BCUT2D eigenvalue weighted by molar-refractivity contribution is -0.131. The Bertz CT molecular complexity index is 522. The van der Waals surface area contributed by atoms with Crippen molar-refractivity contribution >= 4 is 30.3 Å². The Morgan fingerprint density at radius 1 is 1.20 bits per heavy atom. The number of halogens is 1. The summed E-state index contributed by atoms with van der Waals surface area (Å²) < 4.78 is 0. The average Bonchev–Trinajstić information content (AvgIpc) is 3.13. The largest absolute Gasteiger partial charge is 0.353 e. The SMILES string of the molecule is Cl.NCC1CCCCC1NC(=O)CCN1C(=O)NC2(CCCC2)C1=O. The van der Waals surface area contributed by atoms with Crippen LogP contribution in [0.25, 0.3) is 0 Å². The second-order valence-corrected chi connectivity index (χ2v) is 7.38. The van der Waals surface area contributed by atoms with Crippen molar-refractivity contribution in [2.45, 2.75) is 69.4 Å². The van der Waals surface area contributed by atoms with Gasteiger partial charge in [0, 0.05) is 19.0 Å². The third kappa shape index (κ3) is 4.08. The zero-order chi connectivity index (χ0) is 17.2. The monoisotopic (exact) mass is 372 g/mol. The summed E-state index contributed by atoms with van der Waals surface area (Å²) in [6.07, 6.45) is 7.78. The van der Waals surface area contributed by atoms with Gasteiger partial charge in [0.15, 0.2) is 0 Å². The quantitative estimate of drug-likeness (QED) is 0.632. The average molecular weight is 373 g/mol. The number of carbonyl (C=O) groups excluding carboxylic acids is 3. The zero-order valence-electron chi connectivity index (χ0n) is 14.6. The maximum Gasteiger partial charge on any atom is 0.325 e. The minimum atomic E-state index is -0.693. The van der Waals surface area contributed by atoms with E-state index in [0.717, 1.165) is 32.1 Å². The number of imide groups is 1. The predicted molar refractivity (Wildman–Crippen MR) is 96.3 cm³/mol. The van der Waals surface area contributed by atoms with Gasteiger partial charge >= 0.3 is 6.03 Å². The van der Waals surface area contributed by atoms with E-state index < -0.39 is 5.54 Å². The molecule has 2 aliphatic carbocycles. The fourth-order valence-corrected chi connectivity index (χ4v) is 4.37. The predicted octanol–water partition coefficient (Wildman–Crippen LogP) is 1.30. The van der Waals surface area contributed by atoms with Gasteiger partial charge in [0.2, 0.25) is 5.91 Å². The molecule has 3 rings (SSSR count). The smallest absolute Gasteiger partial charge is 0.325 e. The number of nitrogens with one attached hydrogen (secondary N) is 2. The van der Waals surface area contributed by atoms with Crippen LogP contribution in [0.4, 0.5) is 4.79 Å². The third-order valence-electron chi connectivity index (χ3n) is 5.82. The number of amides is 4. The van der Waals surface area contributed by atoms with Crippen molar-refractivity contribution in [3.05, 3.63) is 0 Å². The maximum atomic E-state index is 12.5. The van der Waals surface area contributed by atoms with Crippen molar-refractivity contribution < 1.29 is 14.4 Å². The van der Waals surface area contributed by atoms with Crippen molar-refractivity contribution in [2.24, 2.45) is 11.7 Å². The lowest BCUT2D eigenvalue weighted by Gasteiger charge is -2.31. The molecule has 1 heterocycles. The van der Waals surface area contributed by atoms with Crippen LogP contribution in [0.15, 0.2) is 0 Å². The Balaban J connectivity index is 0.00000225. The molecule has 4 N–H and O–H groups in total. The van der Waals surface area contributed by atoms with E-state index in [0.29, 0.717) is 25.3 Å². The van der Waals surface area contributed by atoms with Gasteiger partial charge in [-0.2, -0.15) is 0 Å². The van der Waals surface area contributed by atoms with Gasteiger partial charge in [-0.1, -0.05) is 25.7 Å². The van der Waals surface area contributed by atoms with Crippen LogP contribution in [-0.4, -0.2) is 47.4 Å². The molecule has 3 fully saturated rings. The number of hydrogen-bond acceptors (Lipinski definition) is 4. The Kier molecular flexibility index (Phi) is 6.68. The number of hydrogen-bond donors (Lipinski definition) is 3. The molecule has 142 valence electrons. The Hall–Kier alpha value is -1.34. The number of nitrogens with zero attached hydrogens (tertiary/aromatic N) is 1. The molecule has 7 nitrogen and oxygen atoms in total. The molecule has 0 aromatic heterocycles. The molecule has 0 radical (unpaired) electrons. The summed E-state index contributed by atoms with van der Waals surface area (Å²) >= 11 is 0. The first-order valence-corrected chi connectivity index (χ1v) is 9.19. The number of rotatable bonds is 5. The highest BCUT2D eigenvalue weighted by Crippen LogP contribution is 2.35. The van der Waals surface area contributed by atoms with Crippen LogP contribution in [0.1, 0.15) is 57.8 Å². The first-order valence-electron chi connectivity index (χ1n) is 9.19. The molecule has 2 atom stereocenters. The molecule has 4 amide bonds. The van der Waals surface area contributed by atoms with E-state index in [2.05, 4.69) is 10.6 Å². The molecule has 3 aliphatic rings. The van der Waals surface area contributed by atoms with E-state index in [1.807, 2.05) is 0 Å². The van der Waals surface area contributed by atoms with Crippen LogP contribution in [-0.2, 0) is 9.59 Å². The summed E-state index contributed by atoms with van der Waals surface area (Å²) in [5.74, 6) is 0.0739. The highest BCUT2D eigenvalue weighted by Gasteiger charge is 2.52. The van der Waals surface area contributed by atoms with E-state index >= 15 is 0 Å². The molecule has 1 saturated heterocycles.